The number of rotatable bonds is 4. The van der Waals surface area contributed by atoms with Gasteiger partial charge in [-0.25, -0.2) is 14.4 Å². The molecule has 7 rings (SSSR count). The zero-order valence-electron chi connectivity index (χ0n) is 18.8. The van der Waals surface area contributed by atoms with E-state index in [4.69, 9.17) is 4.74 Å². The number of halogens is 1. The van der Waals surface area contributed by atoms with E-state index in [2.05, 4.69) is 45.6 Å². The maximum absolute atomic E-state index is 15.1. The zero-order chi connectivity index (χ0) is 23.4. The fraction of sp³-hybridized carbons (Fsp3) is 0.333. The van der Waals surface area contributed by atoms with Gasteiger partial charge in [-0.15, -0.1) is 21.5 Å². The Labute approximate surface area is 204 Å². The molecule has 2 unspecified atom stereocenters. The van der Waals surface area contributed by atoms with Crippen molar-refractivity contribution in [1.29, 1.82) is 0 Å². The highest BCUT2D eigenvalue weighted by molar-refractivity contribution is 7.19. The number of hydrogen-bond acceptors (Lipinski definition) is 8. The number of fused-ring (bicyclic) bond motifs is 3. The molecule has 4 aromatic heterocycles. The summed E-state index contributed by atoms with van der Waals surface area (Å²) in [5, 5.41) is 9.30. The fourth-order valence-electron chi connectivity index (χ4n) is 5.34. The van der Waals surface area contributed by atoms with E-state index in [-0.39, 0.29) is 18.1 Å². The van der Waals surface area contributed by atoms with Crippen molar-refractivity contribution in [3.8, 4) is 0 Å². The summed E-state index contributed by atoms with van der Waals surface area (Å²) in [5.74, 6) is 0.721. The van der Waals surface area contributed by atoms with Crippen LogP contribution in [0.25, 0.3) is 21.1 Å². The Morgan fingerprint density at radius 3 is 3.09 bits per heavy atom. The second-order valence-electron chi connectivity index (χ2n) is 8.96. The Hall–Kier alpha value is -3.25. The molecule has 5 aromatic rings. The van der Waals surface area contributed by atoms with Crippen LogP contribution in [0.15, 0.2) is 49.3 Å². The smallest absolute Gasteiger partial charge is 0.147 e. The minimum absolute atomic E-state index is 0.0143. The number of benzene rings is 1. The van der Waals surface area contributed by atoms with E-state index in [1.165, 1.54) is 10.9 Å². The van der Waals surface area contributed by atoms with Crippen LogP contribution in [-0.4, -0.2) is 65.8 Å². The molecule has 2 aliphatic heterocycles. The average molecular weight is 491 g/mol. The molecule has 2 atom stereocenters. The summed E-state index contributed by atoms with van der Waals surface area (Å²) in [7, 11) is 0. The SMILES string of the molecule is Fc1ccc2[nH]ccc2c1C1CN(C(c2cc3ncncc3s2)N2CCn3cnnc3C2)CCO1. The number of H-pyrrole nitrogens is 1. The van der Waals surface area contributed by atoms with E-state index in [1.807, 2.05) is 18.5 Å². The standard InChI is InChI=1S/C24H23FN8OS/c25-16-1-2-17-15(3-4-27-17)23(16)19-11-32(7-8-34-19)24(20-9-18-21(35-20)10-26-13-28-18)31-5-6-33-14-29-30-22(33)12-31/h1-4,9-10,13-14,19,24,27H,5-8,11-12H2. The number of aromatic nitrogens is 6. The first kappa shape index (κ1) is 21.1. The summed E-state index contributed by atoms with van der Waals surface area (Å²) in [4.78, 5) is 17.9. The monoisotopic (exact) mass is 490 g/mol. The molecule has 1 fully saturated rings. The van der Waals surface area contributed by atoms with Crippen LogP contribution in [0.3, 0.4) is 0 Å². The van der Waals surface area contributed by atoms with Gasteiger partial charge in [0.05, 0.1) is 35.6 Å². The summed E-state index contributed by atoms with van der Waals surface area (Å²) in [6.07, 6.45) is 6.71. The van der Waals surface area contributed by atoms with Crippen LogP contribution in [0.2, 0.25) is 0 Å². The van der Waals surface area contributed by atoms with E-state index < -0.39 is 0 Å². The van der Waals surface area contributed by atoms with E-state index in [9.17, 15) is 0 Å². The molecule has 1 N–H and O–H groups in total. The Morgan fingerprint density at radius 1 is 1.17 bits per heavy atom. The molecule has 6 heterocycles. The van der Waals surface area contributed by atoms with Crippen molar-refractivity contribution in [3.05, 3.63) is 71.4 Å². The van der Waals surface area contributed by atoms with Crippen LogP contribution in [-0.2, 0) is 17.8 Å². The molecule has 0 bridgehead atoms. The van der Waals surface area contributed by atoms with Crippen LogP contribution in [0.1, 0.15) is 28.5 Å². The molecule has 0 saturated carbocycles. The Bertz CT molecular complexity index is 1480. The molecule has 0 aliphatic carbocycles. The van der Waals surface area contributed by atoms with Crippen molar-refractivity contribution >= 4 is 32.5 Å². The summed E-state index contributed by atoms with van der Waals surface area (Å²) in [5.41, 5.74) is 2.48. The van der Waals surface area contributed by atoms with Crippen LogP contribution in [0.4, 0.5) is 4.39 Å². The van der Waals surface area contributed by atoms with Gasteiger partial charge in [-0.05, 0) is 24.3 Å². The first-order valence-corrected chi connectivity index (χ1v) is 12.5. The molecular formula is C24H23FN8OS. The van der Waals surface area contributed by atoms with Gasteiger partial charge >= 0.3 is 0 Å². The highest BCUT2D eigenvalue weighted by Crippen LogP contribution is 2.39. The highest BCUT2D eigenvalue weighted by Gasteiger charge is 2.36. The van der Waals surface area contributed by atoms with Gasteiger partial charge < -0.3 is 14.3 Å². The number of ether oxygens (including phenoxy) is 1. The molecule has 1 aromatic carbocycles. The lowest BCUT2D eigenvalue weighted by Crippen LogP contribution is -2.49. The Morgan fingerprint density at radius 2 is 2.14 bits per heavy atom. The van der Waals surface area contributed by atoms with E-state index in [1.54, 1.807) is 30.1 Å². The predicted molar refractivity (Wildman–Crippen MR) is 129 cm³/mol. The normalized spacial score (nSPS) is 20.4. The van der Waals surface area contributed by atoms with Crippen LogP contribution < -0.4 is 0 Å². The second-order valence-corrected chi connectivity index (χ2v) is 10.1. The fourth-order valence-corrected chi connectivity index (χ4v) is 6.50. The van der Waals surface area contributed by atoms with Gasteiger partial charge in [0.2, 0.25) is 0 Å². The molecule has 35 heavy (non-hydrogen) atoms. The van der Waals surface area contributed by atoms with E-state index in [0.717, 1.165) is 46.6 Å². The van der Waals surface area contributed by atoms with Gasteiger partial charge in [0.15, 0.2) is 0 Å². The lowest BCUT2D eigenvalue weighted by atomic mass is 10.0. The molecular weight excluding hydrogens is 467 g/mol. The Balaban J connectivity index is 1.27. The first-order chi connectivity index (χ1) is 17.2. The van der Waals surface area contributed by atoms with Crippen molar-refractivity contribution in [1.82, 2.24) is 39.5 Å². The quantitative estimate of drug-likeness (QED) is 0.413. The second kappa shape index (κ2) is 8.45. The number of hydrogen-bond donors (Lipinski definition) is 1. The molecule has 11 heteroatoms. The summed E-state index contributed by atoms with van der Waals surface area (Å²) in [6, 6.07) is 7.38. The number of morpholine rings is 1. The van der Waals surface area contributed by atoms with Gasteiger partial charge in [-0.2, -0.15) is 0 Å². The molecule has 0 radical (unpaired) electrons. The minimum Gasteiger partial charge on any atom is -0.371 e. The van der Waals surface area contributed by atoms with Crippen LogP contribution in [0, 0.1) is 5.82 Å². The van der Waals surface area contributed by atoms with Crippen molar-refractivity contribution in [2.75, 3.05) is 26.2 Å². The Kier molecular flexibility index (Phi) is 5.09. The number of thiophene rings is 1. The molecule has 9 nitrogen and oxygen atoms in total. The third kappa shape index (κ3) is 3.62. The van der Waals surface area contributed by atoms with Crippen molar-refractivity contribution in [3.63, 3.8) is 0 Å². The number of nitrogens with zero attached hydrogens (tertiary/aromatic N) is 7. The molecule has 1 saturated heterocycles. The summed E-state index contributed by atoms with van der Waals surface area (Å²) >= 11 is 1.71. The van der Waals surface area contributed by atoms with Gasteiger partial charge in [0, 0.05) is 59.9 Å². The zero-order valence-corrected chi connectivity index (χ0v) is 19.7. The maximum Gasteiger partial charge on any atom is 0.147 e. The number of nitrogens with one attached hydrogen (secondary N) is 1. The van der Waals surface area contributed by atoms with Crippen LogP contribution >= 0.6 is 11.3 Å². The average Bonchev–Trinajstić information content (AvgIpc) is 3.63. The van der Waals surface area contributed by atoms with Gasteiger partial charge in [-0.3, -0.25) is 9.80 Å². The lowest BCUT2D eigenvalue weighted by Gasteiger charge is -2.44. The highest BCUT2D eigenvalue weighted by atomic mass is 32.1. The van der Waals surface area contributed by atoms with Crippen molar-refractivity contribution < 1.29 is 9.13 Å². The predicted octanol–water partition coefficient (Wildman–Crippen LogP) is 3.49. The van der Waals surface area contributed by atoms with Gasteiger partial charge in [0.25, 0.3) is 0 Å². The third-order valence-corrected chi connectivity index (χ3v) is 8.07. The van der Waals surface area contributed by atoms with Crippen molar-refractivity contribution in [2.45, 2.75) is 25.4 Å². The van der Waals surface area contributed by atoms with E-state index >= 15 is 4.39 Å². The van der Waals surface area contributed by atoms with Crippen LogP contribution in [0.5, 0.6) is 0 Å². The summed E-state index contributed by atoms with van der Waals surface area (Å²) in [6.45, 7) is 4.22. The topological polar surface area (TPSA) is 88.0 Å². The first-order valence-electron chi connectivity index (χ1n) is 11.7. The molecule has 0 spiro atoms. The largest absolute Gasteiger partial charge is 0.371 e. The molecule has 0 amide bonds. The lowest BCUT2D eigenvalue weighted by molar-refractivity contribution is -0.0827. The number of aromatic amines is 1. The molecule has 178 valence electrons. The third-order valence-electron chi connectivity index (χ3n) is 6.97. The minimum atomic E-state index is -0.367. The van der Waals surface area contributed by atoms with Crippen molar-refractivity contribution in [2.24, 2.45) is 0 Å². The maximum atomic E-state index is 15.1. The molecule has 2 aliphatic rings. The van der Waals surface area contributed by atoms with Gasteiger partial charge in [-0.1, -0.05) is 0 Å². The summed E-state index contributed by atoms with van der Waals surface area (Å²) < 4.78 is 24.4. The van der Waals surface area contributed by atoms with Gasteiger partial charge in [0.1, 0.15) is 24.3 Å². The van der Waals surface area contributed by atoms with E-state index in [0.29, 0.717) is 25.3 Å².